The molecule has 0 bridgehead atoms. The lowest BCUT2D eigenvalue weighted by Gasteiger charge is -2.13. The standard InChI is InChI=1S/C37H74O4/c1-2-3-4-5-6-7-8-9-10-11-12-13-14-15-16-17-18-19-20-21-22-23-24-25-26-27-28-29-30-31-32-33-35(39)37(41)36(40)34-38/h36-38,40-41H,2-34H2,1H3. The van der Waals surface area contributed by atoms with Crippen molar-refractivity contribution >= 4 is 5.78 Å². The smallest absolute Gasteiger partial charge is 0.164 e. The van der Waals surface area contributed by atoms with Crippen molar-refractivity contribution in [3.05, 3.63) is 0 Å². The molecular weight excluding hydrogens is 508 g/mol. The van der Waals surface area contributed by atoms with E-state index in [1.54, 1.807) is 0 Å². The number of unbranched alkanes of at least 4 members (excludes halogenated alkanes) is 30. The Labute approximate surface area is 256 Å². The van der Waals surface area contributed by atoms with Crippen molar-refractivity contribution in [2.45, 2.75) is 225 Å². The van der Waals surface area contributed by atoms with Crippen molar-refractivity contribution in [1.29, 1.82) is 0 Å². The lowest BCUT2D eigenvalue weighted by molar-refractivity contribution is -0.134. The summed E-state index contributed by atoms with van der Waals surface area (Å²) in [4.78, 5) is 11.7. The molecule has 0 spiro atoms. The van der Waals surface area contributed by atoms with Crippen LogP contribution >= 0.6 is 0 Å². The Kier molecular flexibility index (Phi) is 33.7. The highest BCUT2D eigenvalue weighted by molar-refractivity contribution is 5.83. The van der Waals surface area contributed by atoms with Gasteiger partial charge in [0.2, 0.25) is 0 Å². The third-order valence-electron chi connectivity index (χ3n) is 8.91. The highest BCUT2D eigenvalue weighted by Crippen LogP contribution is 2.17. The highest BCUT2D eigenvalue weighted by Gasteiger charge is 2.22. The molecule has 0 heterocycles. The number of hydrogen-bond acceptors (Lipinski definition) is 4. The molecule has 0 fully saturated rings. The van der Waals surface area contributed by atoms with Crippen LogP contribution < -0.4 is 0 Å². The molecule has 0 aliphatic rings. The molecule has 0 amide bonds. The van der Waals surface area contributed by atoms with Gasteiger partial charge in [-0.15, -0.1) is 0 Å². The zero-order valence-corrected chi connectivity index (χ0v) is 27.7. The quantitative estimate of drug-likeness (QED) is 0.0649. The molecule has 2 atom stereocenters. The summed E-state index contributed by atoms with van der Waals surface area (Å²) in [5, 5.41) is 27.6. The van der Waals surface area contributed by atoms with E-state index in [1.807, 2.05) is 0 Å². The third kappa shape index (κ3) is 30.8. The van der Waals surface area contributed by atoms with E-state index in [1.165, 1.54) is 180 Å². The monoisotopic (exact) mass is 583 g/mol. The van der Waals surface area contributed by atoms with E-state index in [9.17, 15) is 15.0 Å². The van der Waals surface area contributed by atoms with Gasteiger partial charge in [0.15, 0.2) is 5.78 Å². The van der Waals surface area contributed by atoms with Gasteiger partial charge >= 0.3 is 0 Å². The second-order valence-electron chi connectivity index (χ2n) is 13.0. The Balaban J connectivity index is 3.12. The maximum atomic E-state index is 11.7. The molecule has 0 saturated heterocycles. The molecule has 0 radical (unpaired) electrons. The summed E-state index contributed by atoms with van der Waals surface area (Å²) < 4.78 is 0. The first-order valence-corrected chi connectivity index (χ1v) is 18.6. The fraction of sp³-hybridized carbons (Fsp3) is 0.973. The molecule has 0 aliphatic carbocycles. The Morgan fingerprint density at radius 2 is 0.634 bits per heavy atom. The third-order valence-corrected chi connectivity index (χ3v) is 8.91. The summed E-state index contributed by atoms with van der Waals surface area (Å²) in [6.45, 7) is 1.72. The minimum absolute atomic E-state index is 0.289. The van der Waals surface area contributed by atoms with Gasteiger partial charge in [0.25, 0.3) is 0 Å². The Bertz CT molecular complexity index is 509. The molecule has 0 rings (SSSR count). The normalized spacial score (nSPS) is 13.1. The van der Waals surface area contributed by atoms with E-state index in [0.29, 0.717) is 0 Å². The molecule has 0 aromatic rings. The van der Waals surface area contributed by atoms with E-state index in [2.05, 4.69) is 6.92 Å². The summed E-state index contributed by atoms with van der Waals surface area (Å²) in [5.41, 5.74) is 0. The molecule has 2 unspecified atom stereocenters. The number of hydrogen-bond donors (Lipinski definition) is 3. The predicted octanol–water partition coefficient (Wildman–Crippen LogP) is 10.8. The van der Waals surface area contributed by atoms with Crippen molar-refractivity contribution in [2.24, 2.45) is 0 Å². The number of aliphatic hydroxyl groups excluding tert-OH is 3. The summed E-state index contributed by atoms with van der Waals surface area (Å²) in [5.74, 6) is -0.359. The van der Waals surface area contributed by atoms with Crippen molar-refractivity contribution < 1.29 is 20.1 Å². The molecule has 0 aromatic carbocycles. The minimum atomic E-state index is -1.44. The Morgan fingerprint density at radius 1 is 0.415 bits per heavy atom. The van der Waals surface area contributed by atoms with Crippen molar-refractivity contribution in [2.75, 3.05) is 6.61 Å². The summed E-state index contributed by atoms with van der Waals surface area (Å²) in [7, 11) is 0. The lowest BCUT2D eigenvalue weighted by atomic mass is 10.0. The average molecular weight is 583 g/mol. The largest absolute Gasteiger partial charge is 0.394 e. The maximum absolute atomic E-state index is 11.7. The van der Waals surface area contributed by atoms with Gasteiger partial charge in [0, 0.05) is 6.42 Å². The van der Waals surface area contributed by atoms with E-state index < -0.39 is 18.8 Å². The van der Waals surface area contributed by atoms with Gasteiger partial charge in [-0.2, -0.15) is 0 Å². The van der Waals surface area contributed by atoms with Gasteiger partial charge in [-0.25, -0.2) is 0 Å². The lowest BCUT2D eigenvalue weighted by Crippen LogP contribution is -2.36. The van der Waals surface area contributed by atoms with E-state index >= 15 is 0 Å². The molecule has 0 aromatic heterocycles. The highest BCUT2D eigenvalue weighted by atomic mass is 16.4. The number of rotatable bonds is 35. The van der Waals surface area contributed by atoms with Gasteiger partial charge in [0.05, 0.1) is 6.61 Å². The maximum Gasteiger partial charge on any atom is 0.164 e. The van der Waals surface area contributed by atoms with Crippen LogP contribution in [0.5, 0.6) is 0 Å². The van der Waals surface area contributed by atoms with Crippen LogP contribution in [-0.4, -0.2) is 39.9 Å². The molecule has 3 N–H and O–H groups in total. The van der Waals surface area contributed by atoms with Gasteiger partial charge in [-0.05, 0) is 6.42 Å². The first-order chi connectivity index (χ1) is 20.1. The van der Waals surface area contributed by atoms with Crippen LogP contribution in [0.2, 0.25) is 0 Å². The molecule has 246 valence electrons. The molecule has 4 nitrogen and oxygen atoms in total. The van der Waals surface area contributed by atoms with Gasteiger partial charge < -0.3 is 15.3 Å². The van der Waals surface area contributed by atoms with E-state index in [0.717, 1.165) is 19.3 Å². The van der Waals surface area contributed by atoms with E-state index in [-0.39, 0.29) is 12.2 Å². The fourth-order valence-corrected chi connectivity index (χ4v) is 5.96. The van der Waals surface area contributed by atoms with E-state index in [4.69, 9.17) is 5.11 Å². The summed E-state index contributed by atoms with van der Waals surface area (Å²) in [6.07, 6.45) is 40.2. The minimum Gasteiger partial charge on any atom is -0.394 e. The van der Waals surface area contributed by atoms with Crippen LogP contribution in [0, 0.1) is 0 Å². The Morgan fingerprint density at radius 3 is 0.854 bits per heavy atom. The molecule has 0 aliphatic heterocycles. The van der Waals surface area contributed by atoms with Gasteiger partial charge in [-0.3, -0.25) is 4.79 Å². The van der Waals surface area contributed by atoms with Gasteiger partial charge in [0.1, 0.15) is 12.2 Å². The molecule has 0 saturated carbocycles. The SMILES string of the molecule is CCCCCCCCCCCCCCCCCCCCCCCCCCCCCCCCCC(=O)C(O)C(O)CO. The average Bonchev–Trinajstić information content (AvgIpc) is 2.98. The van der Waals surface area contributed by atoms with Crippen LogP contribution in [-0.2, 0) is 4.79 Å². The first kappa shape index (κ1) is 40.5. The fourth-order valence-electron chi connectivity index (χ4n) is 5.96. The predicted molar refractivity (Wildman–Crippen MR) is 178 cm³/mol. The Hall–Kier alpha value is -0.450. The number of carbonyl (C=O) groups excluding carboxylic acids is 1. The van der Waals surface area contributed by atoms with Crippen molar-refractivity contribution in [1.82, 2.24) is 0 Å². The topological polar surface area (TPSA) is 77.8 Å². The molecule has 4 heteroatoms. The second-order valence-corrected chi connectivity index (χ2v) is 13.0. The van der Waals surface area contributed by atoms with Crippen LogP contribution in [0.1, 0.15) is 212 Å². The van der Waals surface area contributed by atoms with Crippen molar-refractivity contribution in [3.8, 4) is 0 Å². The summed E-state index contributed by atoms with van der Waals surface area (Å²) >= 11 is 0. The van der Waals surface area contributed by atoms with Gasteiger partial charge in [-0.1, -0.05) is 200 Å². The van der Waals surface area contributed by atoms with Crippen molar-refractivity contribution in [3.63, 3.8) is 0 Å². The number of ketones is 1. The van der Waals surface area contributed by atoms with Crippen LogP contribution in [0.4, 0.5) is 0 Å². The summed E-state index contributed by atoms with van der Waals surface area (Å²) in [6, 6.07) is 0. The van der Waals surface area contributed by atoms with Crippen LogP contribution in [0.25, 0.3) is 0 Å². The second kappa shape index (κ2) is 34.0. The zero-order valence-electron chi connectivity index (χ0n) is 27.7. The number of carbonyl (C=O) groups is 1. The van der Waals surface area contributed by atoms with Crippen LogP contribution in [0.15, 0.2) is 0 Å². The zero-order chi connectivity index (χ0) is 30.1. The number of Topliss-reactive ketones (excluding diaryl/α,β-unsaturated/α-hetero) is 1. The number of aliphatic hydroxyl groups is 3. The van der Waals surface area contributed by atoms with Crippen LogP contribution in [0.3, 0.4) is 0 Å². The molecule has 41 heavy (non-hydrogen) atoms. The first-order valence-electron chi connectivity index (χ1n) is 18.6. The molecular formula is C37H74O4.